The number of para-hydroxylation sites is 1. The van der Waals surface area contributed by atoms with Gasteiger partial charge in [0.05, 0.1) is 0 Å². The number of benzene rings is 1. The first-order chi connectivity index (χ1) is 4.97. The van der Waals surface area contributed by atoms with Gasteiger partial charge in [0.2, 0.25) is 0 Å². The number of fused-ring (bicyclic) bond motifs is 1. The fourth-order valence-electron chi connectivity index (χ4n) is 1.06. The molecule has 67 valence electrons. The Kier molecular flexibility index (Phi) is 9.65. The van der Waals surface area contributed by atoms with Crippen molar-refractivity contribution in [1.29, 1.82) is 0 Å². The van der Waals surface area contributed by atoms with Gasteiger partial charge in [0, 0.05) is 61.1 Å². The Morgan fingerprint density at radius 2 is 1.85 bits per heavy atom. The van der Waals surface area contributed by atoms with Gasteiger partial charge in [0.15, 0.2) is 0 Å². The number of hydrogen-bond acceptors (Lipinski definition) is 1. The van der Waals surface area contributed by atoms with E-state index in [0.29, 0.717) is 6.61 Å². The fourth-order valence-corrected chi connectivity index (χ4v) is 1.06. The molecule has 1 aliphatic heterocycles. The zero-order valence-corrected chi connectivity index (χ0v) is 10.7. The second-order valence-electron chi connectivity index (χ2n) is 2.25. The van der Waals surface area contributed by atoms with E-state index in [1.807, 2.05) is 30.3 Å². The molecule has 0 saturated carbocycles. The van der Waals surface area contributed by atoms with Crippen LogP contribution in [0.15, 0.2) is 30.3 Å². The van der Waals surface area contributed by atoms with Gasteiger partial charge in [-0.1, -0.05) is 24.3 Å². The summed E-state index contributed by atoms with van der Waals surface area (Å²) >= 11 is 0. The molecule has 0 aromatic heterocycles. The number of rotatable bonds is 0. The van der Waals surface area contributed by atoms with Gasteiger partial charge in [-0.3, -0.25) is 0 Å². The minimum Gasteiger partial charge on any atom is -0.489 e. The molecular weight excluding hydrogens is 258 g/mol. The SMILES string of the molecule is C1=Cc2ccccc2OC1.[Al].[Ni].[Ti]. The molecule has 0 fully saturated rings. The van der Waals surface area contributed by atoms with E-state index in [1.165, 1.54) is 5.56 Å². The van der Waals surface area contributed by atoms with Crippen molar-refractivity contribution in [3.8, 4) is 5.75 Å². The van der Waals surface area contributed by atoms with Crippen LogP contribution in [0.5, 0.6) is 5.75 Å². The third-order valence-corrected chi connectivity index (χ3v) is 1.55. The summed E-state index contributed by atoms with van der Waals surface area (Å²) in [6.07, 6.45) is 4.10. The topological polar surface area (TPSA) is 9.23 Å². The van der Waals surface area contributed by atoms with E-state index in [1.54, 1.807) is 0 Å². The molecule has 0 aliphatic carbocycles. The molecule has 13 heavy (non-hydrogen) atoms. The summed E-state index contributed by atoms with van der Waals surface area (Å²) in [5.74, 6) is 0.991. The molecular formula is C9H8AlNiOTi. The van der Waals surface area contributed by atoms with Gasteiger partial charge in [-0.15, -0.1) is 0 Å². The third kappa shape index (κ3) is 4.03. The summed E-state index contributed by atoms with van der Waals surface area (Å²) in [6.45, 7) is 0.705. The third-order valence-electron chi connectivity index (χ3n) is 1.55. The molecule has 0 atom stereocenters. The standard InChI is InChI=1S/C9H8O.Al.Ni.Ti/c1-2-6-9-8(4-1)5-3-7-10-9;;;/h1-6H,7H2;;;. The molecule has 0 bridgehead atoms. The summed E-state index contributed by atoms with van der Waals surface area (Å²) in [4.78, 5) is 0. The average Bonchev–Trinajstić information content (AvgIpc) is 2.05. The van der Waals surface area contributed by atoms with Crippen molar-refractivity contribution >= 4 is 23.4 Å². The van der Waals surface area contributed by atoms with Crippen molar-refractivity contribution in [2.75, 3.05) is 6.61 Å². The van der Waals surface area contributed by atoms with Crippen molar-refractivity contribution in [2.45, 2.75) is 0 Å². The largest absolute Gasteiger partial charge is 0.489 e. The number of ether oxygens (including phenoxy) is 1. The summed E-state index contributed by atoms with van der Waals surface area (Å²) in [5.41, 5.74) is 1.17. The van der Waals surface area contributed by atoms with Crippen LogP contribution in [0.1, 0.15) is 5.56 Å². The van der Waals surface area contributed by atoms with Crippen molar-refractivity contribution < 1.29 is 42.9 Å². The molecule has 1 heterocycles. The maximum Gasteiger partial charge on any atom is 0.126 e. The fraction of sp³-hybridized carbons (Fsp3) is 0.111. The van der Waals surface area contributed by atoms with Gasteiger partial charge in [0.1, 0.15) is 12.4 Å². The molecule has 1 aromatic carbocycles. The number of hydrogen-bond donors (Lipinski definition) is 0. The Hall–Kier alpha value is 0.500. The van der Waals surface area contributed by atoms with Gasteiger partial charge < -0.3 is 4.74 Å². The van der Waals surface area contributed by atoms with Gasteiger partial charge in [-0.25, -0.2) is 0 Å². The zero-order chi connectivity index (χ0) is 6.81. The van der Waals surface area contributed by atoms with Gasteiger partial charge >= 0.3 is 0 Å². The van der Waals surface area contributed by atoms with Crippen LogP contribution in [0, 0.1) is 0 Å². The maximum absolute atomic E-state index is 5.34. The molecule has 0 spiro atoms. The van der Waals surface area contributed by atoms with E-state index in [-0.39, 0.29) is 55.6 Å². The Morgan fingerprint density at radius 3 is 2.54 bits per heavy atom. The Balaban J connectivity index is 0. The second-order valence-corrected chi connectivity index (χ2v) is 2.25. The van der Waals surface area contributed by atoms with E-state index in [4.69, 9.17) is 4.74 Å². The van der Waals surface area contributed by atoms with Crippen molar-refractivity contribution in [3.63, 3.8) is 0 Å². The predicted octanol–water partition coefficient (Wildman–Crippen LogP) is 1.71. The first-order valence-corrected chi connectivity index (χ1v) is 3.35. The molecule has 0 unspecified atom stereocenters. The molecule has 0 amide bonds. The maximum atomic E-state index is 5.34. The van der Waals surface area contributed by atoms with Crippen molar-refractivity contribution in [2.24, 2.45) is 0 Å². The molecule has 1 aliphatic rings. The van der Waals surface area contributed by atoms with Crippen molar-refractivity contribution in [1.82, 2.24) is 0 Å². The summed E-state index contributed by atoms with van der Waals surface area (Å²) in [6, 6.07) is 8.03. The van der Waals surface area contributed by atoms with Crippen LogP contribution in [0.25, 0.3) is 6.08 Å². The zero-order valence-electron chi connectivity index (χ0n) is 6.97. The second kappa shape index (κ2) is 7.86. The van der Waals surface area contributed by atoms with Gasteiger partial charge in [0.25, 0.3) is 0 Å². The summed E-state index contributed by atoms with van der Waals surface area (Å²) in [5, 5.41) is 0. The normalized spacial score (nSPS) is 10.8. The first kappa shape index (κ1) is 16.0. The molecule has 1 aromatic rings. The van der Waals surface area contributed by atoms with Crippen LogP contribution >= 0.6 is 0 Å². The van der Waals surface area contributed by atoms with Crippen LogP contribution in [0.4, 0.5) is 0 Å². The molecule has 0 N–H and O–H groups in total. The van der Waals surface area contributed by atoms with Crippen LogP contribution in [0.2, 0.25) is 0 Å². The first-order valence-electron chi connectivity index (χ1n) is 3.35. The Morgan fingerprint density at radius 1 is 1.15 bits per heavy atom. The van der Waals surface area contributed by atoms with Crippen molar-refractivity contribution in [3.05, 3.63) is 35.9 Å². The monoisotopic (exact) mass is 265 g/mol. The van der Waals surface area contributed by atoms with Crippen LogP contribution in [0.3, 0.4) is 0 Å². The quantitative estimate of drug-likeness (QED) is 0.649. The predicted molar refractivity (Wildman–Crippen MR) is 46.7 cm³/mol. The Bertz CT molecular complexity index is 278. The molecule has 3 radical (unpaired) electrons. The van der Waals surface area contributed by atoms with E-state index in [0.717, 1.165) is 5.75 Å². The van der Waals surface area contributed by atoms with Gasteiger partial charge in [-0.2, -0.15) is 0 Å². The molecule has 4 heteroatoms. The Labute approximate surface area is 114 Å². The summed E-state index contributed by atoms with van der Waals surface area (Å²) in [7, 11) is 0. The van der Waals surface area contributed by atoms with Crippen LogP contribution < -0.4 is 4.74 Å². The molecule has 2 rings (SSSR count). The van der Waals surface area contributed by atoms with E-state index in [2.05, 4.69) is 6.08 Å². The smallest absolute Gasteiger partial charge is 0.126 e. The van der Waals surface area contributed by atoms with E-state index >= 15 is 0 Å². The summed E-state index contributed by atoms with van der Waals surface area (Å²) < 4.78 is 5.34. The van der Waals surface area contributed by atoms with Gasteiger partial charge in [-0.05, 0) is 12.1 Å². The average molecular weight is 266 g/mol. The van der Waals surface area contributed by atoms with E-state index in [9.17, 15) is 0 Å². The van der Waals surface area contributed by atoms with E-state index < -0.39 is 0 Å². The van der Waals surface area contributed by atoms with Crippen LogP contribution in [-0.4, -0.2) is 24.0 Å². The minimum absolute atomic E-state index is 0. The van der Waals surface area contributed by atoms with Crippen LogP contribution in [-0.2, 0) is 38.2 Å². The minimum atomic E-state index is 0. The molecule has 1 nitrogen and oxygen atoms in total. The molecule has 0 saturated heterocycles.